The number of carbonyl (C=O) groups excluding carboxylic acids is 2. The lowest BCUT2D eigenvalue weighted by Gasteiger charge is -2.37. The Labute approximate surface area is 160 Å². The zero-order valence-corrected chi connectivity index (χ0v) is 16.5. The molecule has 1 aliphatic carbocycles. The van der Waals surface area contributed by atoms with Crippen molar-refractivity contribution in [1.29, 1.82) is 0 Å². The molecule has 0 atom stereocenters. The van der Waals surface area contributed by atoms with E-state index in [-0.39, 0.29) is 30.2 Å². The van der Waals surface area contributed by atoms with Gasteiger partial charge in [-0.05, 0) is 25.0 Å². The summed E-state index contributed by atoms with van der Waals surface area (Å²) in [6.07, 6.45) is 7.37. The molecule has 27 heavy (non-hydrogen) atoms. The van der Waals surface area contributed by atoms with E-state index < -0.39 is 10.0 Å². The molecule has 150 valence electrons. The van der Waals surface area contributed by atoms with Gasteiger partial charge in [-0.25, -0.2) is 8.42 Å². The third kappa shape index (κ3) is 4.90. The monoisotopic (exact) mass is 397 g/mol. The lowest BCUT2D eigenvalue weighted by atomic mass is 9.95. The number of sulfonamides is 1. The molecular formula is C18H27N3O5S. The third-order valence-corrected chi connectivity index (χ3v) is 6.63. The average molecular weight is 397 g/mol. The standard InChI is InChI=1S/C18H27N3O5S/c1-27(24,25)21(15-6-3-2-4-7-15)14-17(22)19-9-11-20(12-10-19)18(23)16-8-5-13-26-16/h5,8,13,15H,2-4,6-7,9-12,14H2,1H3. The van der Waals surface area contributed by atoms with Gasteiger partial charge in [0.1, 0.15) is 0 Å². The van der Waals surface area contributed by atoms with Crippen molar-refractivity contribution in [1.82, 2.24) is 14.1 Å². The molecule has 0 N–H and O–H groups in total. The Morgan fingerprint density at radius 3 is 2.30 bits per heavy atom. The average Bonchev–Trinajstić information content (AvgIpc) is 3.20. The minimum absolute atomic E-state index is 0.0838. The zero-order valence-electron chi connectivity index (χ0n) is 15.7. The molecule has 1 aliphatic heterocycles. The van der Waals surface area contributed by atoms with Gasteiger partial charge in [0.15, 0.2) is 5.76 Å². The second-order valence-electron chi connectivity index (χ2n) is 7.25. The quantitative estimate of drug-likeness (QED) is 0.744. The predicted octanol–water partition coefficient (Wildman–Crippen LogP) is 1.16. The molecule has 0 radical (unpaired) electrons. The number of amides is 2. The number of furan rings is 1. The molecule has 0 unspecified atom stereocenters. The molecular weight excluding hydrogens is 370 g/mol. The van der Waals surface area contributed by atoms with E-state index in [1.807, 2.05) is 0 Å². The van der Waals surface area contributed by atoms with Crippen LogP contribution in [0.1, 0.15) is 42.7 Å². The maximum Gasteiger partial charge on any atom is 0.289 e. The van der Waals surface area contributed by atoms with Crippen LogP contribution in [0.15, 0.2) is 22.8 Å². The summed E-state index contributed by atoms with van der Waals surface area (Å²) in [4.78, 5) is 28.3. The van der Waals surface area contributed by atoms with Crippen molar-refractivity contribution in [2.45, 2.75) is 38.1 Å². The minimum atomic E-state index is -3.44. The van der Waals surface area contributed by atoms with E-state index in [1.165, 1.54) is 16.8 Å². The maximum atomic E-state index is 12.7. The summed E-state index contributed by atoms with van der Waals surface area (Å²) in [5.74, 6) is -0.0986. The summed E-state index contributed by atoms with van der Waals surface area (Å²) in [5.41, 5.74) is 0. The Hall–Kier alpha value is -1.87. The summed E-state index contributed by atoms with van der Waals surface area (Å²) in [6.45, 7) is 1.50. The van der Waals surface area contributed by atoms with Gasteiger partial charge in [0.25, 0.3) is 5.91 Å². The predicted molar refractivity (Wildman–Crippen MR) is 99.6 cm³/mol. The fraction of sp³-hybridized carbons (Fsp3) is 0.667. The number of hydrogen-bond donors (Lipinski definition) is 0. The first-order valence-electron chi connectivity index (χ1n) is 9.43. The first-order valence-corrected chi connectivity index (χ1v) is 11.3. The Balaban J connectivity index is 1.57. The molecule has 2 fully saturated rings. The first-order chi connectivity index (χ1) is 12.9. The van der Waals surface area contributed by atoms with Gasteiger partial charge in [-0.3, -0.25) is 9.59 Å². The van der Waals surface area contributed by atoms with Crippen LogP contribution in [0.3, 0.4) is 0 Å². The van der Waals surface area contributed by atoms with Crippen LogP contribution in [0.4, 0.5) is 0 Å². The van der Waals surface area contributed by atoms with E-state index in [9.17, 15) is 18.0 Å². The van der Waals surface area contributed by atoms with Crippen molar-refractivity contribution < 1.29 is 22.4 Å². The third-order valence-electron chi connectivity index (χ3n) is 5.35. The van der Waals surface area contributed by atoms with Gasteiger partial charge in [0.2, 0.25) is 15.9 Å². The maximum absolute atomic E-state index is 12.7. The van der Waals surface area contributed by atoms with Crippen LogP contribution >= 0.6 is 0 Å². The van der Waals surface area contributed by atoms with Gasteiger partial charge in [-0.2, -0.15) is 4.31 Å². The highest BCUT2D eigenvalue weighted by molar-refractivity contribution is 7.88. The van der Waals surface area contributed by atoms with Crippen molar-refractivity contribution >= 4 is 21.8 Å². The van der Waals surface area contributed by atoms with Crippen LogP contribution in [-0.2, 0) is 14.8 Å². The SMILES string of the molecule is CS(=O)(=O)N(CC(=O)N1CCN(C(=O)c2ccco2)CC1)C1CCCCC1. The summed E-state index contributed by atoms with van der Waals surface area (Å²) < 4.78 is 30.9. The van der Waals surface area contributed by atoms with Crippen molar-refractivity contribution in [3.05, 3.63) is 24.2 Å². The highest BCUT2D eigenvalue weighted by atomic mass is 32.2. The molecule has 1 saturated heterocycles. The van der Waals surface area contributed by atoms with Crippen molar-refractivity contribution in [2.24, 2.45) is 0 Å². The second-order valence-corrected chi connectivity index (χ2v) is 9.19. The molecule has 3 rings (SSSR count). The molecule has 1 aromatic heterocycles. The van der Waals surface area contributed by atoms with Crippen LogP contribution in [-0.4, -0.2) is 79.4 Å². The summed E-state index contributed by atoms with van der Waals surface area (Å²) in [6, 6.07) is 3.20. The summed E-state index contributed by atoms with van der Waals surface area (Å²) in [7, 11) is -3.44. The number of rotatable bonds is 5. The Bertz CT molecular complexity index is 748. The van der Waals surface area contributed by atoms with Crippen molar-refractivity contribution in [3.63, 3.8) is 0 Å². The second kappa shape index (κ2) is 8.43. The molecule has 2 aliphatic rings. The van der Waals surface area contributed by atoms with Crippen LogP contribution < -0.4 is 0 Å². The van der Waals surface area contributed by atoms with Gasteiger partial charge in [-0.1, -0.05) is 19.3 Å². The molecule has 0 aromatic carbocycles. The molecule has 0 bridgehead atoms. The lowest BCUT2D eigenvalue weighted by Crippen LogP contribution is -2.54. The van der Waals surface area contributed by atoms with E-state index in [4.69, 9.17) is 4.42 Å². The van der Waals surface area contributed by atoms with Gasteiger partial charge in [0.05, 0.1) is 19.1 Å². The topological polar surface area (TPSA) is 91.1 Å². The van der Waals surface area contributed by atoms with Crippen molar-refractivity contribution in [2.75, 3.05) is 39.0 Å². The van der Waals surface area contributed by atoms with Gasteiger partial charge < -0.3 is 14.2 Å². The van der Waals surface area contributed by atoms with Crippen LogP contribution in [0.2, 0.25) is 0 Å². The minimum Gasteiger partial charge on any atom is -0.459 e. The van der Waals surface area contributed by atoms with Crippen LogP contribution in [0.5, 0.6) is 0 Å². The fourth-order valence-electron chi connectivity index (χ4n) is 3.83. The van der Waals surface area contributed by atoms with E-state index in [0.29, 0.717) is 26.2 Å². The molecule has 8 nitrogen and oxygen atoms in total. The zero-order chi connectivity index (χ0) is 19.4. The Kier molecular flexibility index (Phi) is 6.21. The summed E-state index contributed by atoms with van der Waals surface area (Å²) >= 11 is 0. The van der Waals surface area contributed by atoms with Gasteiger partial charge >= 0.3 is 0 Å². The normalized spacial score (nSPS) is 19.5. The molecule has 1 saturated carbocycles. The molecule has 2 amide bonds. The van der Waals surface area contributed by atoms with Gasteiger partial charge in [-0.15, -0.1) is 0 Å². The van der Waals surface area contributed by atoms with Gasteiger partial charge in [0, 0.05) is 32.2 Å². The largest absolute Gasteiger partial charge is 0.459 e. The van der Waals surface area contributed by atoms with Crippen molar-refractivity contribution in [3.8, 4) is 0 Å². The van der Waals surface area contributed by atoms with Crippen LogP contribution in [0.25, 0.3) is 0 Å². The van der Waals surface area contributed by atoms with E-state index in [1.54, 1.807) is 21.9 Å². The molecule has 0 spiro atoms. The smallest absolute Gasteiger partial charge is 0.289 e. The number of nitrogens with zero attached hydrogens (tertiary/aromatic N) is 3. The Morgan fingerprint density at radius 1 is 1.11 bits per heavy atom. The van der Waals surface area contributed by atoms with E-state index in [2.05, 4.69) is 0 Å². The molecule has 1 aromatic rings. The summed E-state index contributed by atoms with van der Waals surface area (Å²) in [5, 5.41) is 0. The number of carbonyl (C=O) groups is 2. The molecule has 2 heterocycles. The van der Waals surface area contributed by atoms with Crippen LogP contribution in [0, 0.1) is 0 Å². The first kappa shape index (κ1) is 19.9. The van der Waals surface area contributed by atoms with E-state index >= 15 is 0 Å². The number of piperazine rings is 1. The highest BCUT2D eigenvalue weighted by Crippen LogP contribution is 2.24. The molecule has 9 heteroatoms. The fourth-order valence-corrected chi connectivity index (χ4v) is 4.93. The van der Waals surface area contributed by atoms with E-state index in [0.717, 1.165) is 32.1 Å². The lowest BCUT2D eigenvalue weighted by molar-refractivity contribution is -0.133. The highest BCUT2D eigenvalue weighted by Gasteiger charge is 2.33. The Morgan fingerprint density at radius 2 is 1.74 bits per heavy atom. The number of hydrogen-bond acceptors (Lipinski definition) is 5.